The maximum absolute atomic E-state index is 10.6. The topological polar surface area (TPSA) is 43.0 Å². The lowest BCUT2D eigenvalue weighted by Gasteiger charge is -2.16. The Bertz CT molecular complexity index is 907. The maximum Gasteiger partial charge on any atom is 0.0914 e. The number of nitrogens with zero attached hydrogens (tertiary/aromatic N) is 3. The van der Waals surface area contributed by atoms with E-state index in [9.17, 15) is 5.11 Å². The van der Waals surface area contributed by atoms with E-state index in [2.05, 4.69) is 48.6 Å². The molecule has 0 fully saturated rings. The molecule has 0 saturated heterocycles. The van der Waals surface area contributed by atoms with E-state index < -0.39 is 6.10 Å². The molecule has 0 amide bonds. The molecule has 0 saturated carbocycles. The van der Waals surface area contributed by atoms with Gasteiger partial charge in [0.2, 0.25) is 0 Å². The van der Waals surface area contributed by atoms with Crippen molar-refractivity contribution in [1.29, 1.82) is 0 Å². The summed E-state index contributed by atoms with van der Waals surface area (Å²) in [5.41, 5.74) is 6.59. The second kappa shape index (κ2) is 6.26. The van der Waals surface area contributed by atoms with E-state index in [1.54, 1.807) is 4.68 Å². The normalized spacial score (nSPS) is 13.0. The number of rotatable bonds is 4. The van der Waals surface area contributed by atoms with Crippen molar-refractivity contribution in [3.05, 3.63) is 51.4 Å². The van der Waals surface area contributed by atoms with E-state index in [0.29, 0.717) is 18.1 Å². The summed E-state index contributed by atoms with van der Waals surface area (Å²) in [7, 11) is 0. The van der Waals surface area contributed by atoms with Crippen LogP contribution in [-0.4, -0.2) is 25.6 Å². The van der Waals surface area contributed by atoms with Gasteiger partial charge in [-0.25, -0.2) is 0 Å². The molecule has 24 heavy (non-hydrogen) atoms. The van der Waals surface area contributed by atoms with Gasteiger partial charge in [0.1, 0.15) is 0 Å². The summed E-state index contributed by atoms with van der Waals surface area (Å²) in [4.78, 5) is 0. The third-order valence-electron chi connectivity index (χ3n) is 4.86. The first-order valence-electron chi connectivity index (χ1n) is 8.23. The van der Waals surface area contributed by atoms with Gasteiger partial charge in [-0.3, -0.25) is 4.68 Å². The third-order valence-corrected chi connectivity index (χ3v) is 5.41. The molecule has 128 valence electrons. The van der Waals surface area contributed by atoms with Crippen LogP contribution in [0.1, 0.15) is 28.2 Å². The van der Waals surface area contributed by atoms with Crippen LogP contribution in [0.4, 0.5) is 0 Å². The average molecular weight is 346 g/mol. The van der Waals surface area contributed by atoms with E-state index in [0.717, 1.165) is 11.4 Å². The molecule has 1 N–H and O–H groups in total. The molecular formula is C19H24ClN3O. The van der Waals surface area contributed by atoms with Gasteiger partial charge >= 0.3 is 0 Å². The molecule has 4 nitrogen and oxygen atoms in total. The molecule has 0 aliphatic carbocycles. The van der Waals surface area contributed by atoms with E-state index in [4.69, 9.17) is 11.6 Å². The van der Waals surface area contributed by atoms with Gasteiger partial charge in [0.15, 0.2) is 0 Å². The number of aromatic nitrogens is 3. The molecule has 1 aromatic carbocycles. The van der Waals surface area contributed by atoms with E-state index in [1.807, 2.05) is 13.8 Å². The van der Waals surface area contributed by atoms with Crippen LogP contribution in [0.15, 0.2) is 18.2 Å². The predicted octanol–water partition coefficient (Wildman–Crippen LogP) is 4.09. The van der Waals surface area contributed by atoms with E-state index in [-0.39, 0.29) is 0 Å². The molecule has 0 radical (unpaired) electrons. The highest BCUT2D eigenvalue weighted by Gasteiger charge is 2.17. The van der Waals surface area contributed by atoms with Gasteiger partial charge in [-0.15, -0.1) is 0 Å². The molecule has 2 aromatic heterocycles. The summed E-state index contributed by atoms with van der Waals surface area (Å²) in [6.07, 6.45) is -0.533. The fourth-order valence-electron chi connectivity index (χ4n) is 3.32. The second-order valence-electron chi connectivity index (χ2n) is 6.66. The number of aliphatic hydroxyl groups is 1. The summed E-state index contributed by atoms with van der Waals surface area (Å²) in [6, 6.07) is 6.46. The Morgan fingerprint density at radius 1 is 1.08 bits per heavy atom. The zero-order valence-electron chi connectivity index (χ0n) is 14.9. The van der Waals surface area contributed by atoms with Crippen molar-refractivity contribution in [3.63, 3.8) is 0 Å². The molecular weight excluding hydrogens is 322 g/mol. The lowest BCUT2D eigenvalue weighted by atomic mass is 10.1. The molecule has 0 spiro atoms. The molecule has 1 atom stereocenters. The Hall–Kier alpha value is -1.78. The maximum atomic E-state index is 10.6. The minimum atomic E-state index is -0.533. The summed E-state index contributed by atoms with van der Waals surface area (Å²) in [6.45, 7) is 11.1. The average Bonchev–Trinajstić information content (AvgIpc) is 2.90. The van der Waals surface area contributed by atoms with Gasteiger partial charge in [0, 0.05) is 16.6 Å². The van der Waals surface area contributed by atoms with Gasteiger partial charge < -0.3 is 9.67 Å². The van der Waals surface area contributed by atoms with Crippen molar-refractivity contribution >= 4 is 22.5 Å². The smallest absolute Gasteiger partial charge is 0.0914 e. The zero-order chi connectivity index (χ0) is 17.6. The van der Waals surface area contributed by atoms with Crippen LogP contribution in [0.2, 0.25) is 5.02 Å². The molecule has 0 aliphatic heterocycles. The molecule has 5 heteroatoms. The summed E-state index contributed by atoms with van der Waals surface area (Å²) in [5.74, 6) is 0. The van der Waals surface area contributed by atoms with Crippen molar-refractivity contribution in [2.24, 2.45) is 0 Å². The SMILES string of the molecule is Cc1ccc2c(c1)c(C)c(C)n2CC(O)Cn1nc(C)c(Cl)c1C. The molecule has 1 unspecified atom stereocenters. The van der Waals surface area contributed by atoms with Gasteiger partial charge in [0.25, 0.3) is 0 Å². The van der Waals surface area contributed by atoms with Crippen LogP contribution >= 0.6 is 11.6 Å². The fraction of sp³-hybridized carbons (Fsp3) is 0.421. The van der Waals surface area contributed by atoms with Crippen LogP contribution in [0, 0.1) is 34.6 Å². The van der Waals surface area contributed by atoms with Gasteiger partial charge in [0.05, 0.1) is 35.6 Å². The molecule has 2 heterocycles. The summed E-state index contributed by atoms with van der Waals surface area (Å²) in [5, 5.41) is 16.9. The Balaban J connectivity index is 1.89. The molecule has 3 aromatic rings. The predicted molar refractivity (Wildman–Crippen MR) is 98.9 cm³/mol. The summed E-state index contributed by atoms with van der Waals surface area (Å²) >= 11 is 6.19. The lowest BCUT2D eigenvalue weighted by molar-refractivity contribution is 0.130. The van der Waals surface area contributed by atoms with E-state index >= 15 is 0 Å². The number of halogens is 1. The fourth-order valence-corrected chi connectivity index (χ4v) is 3.46. The van der Waals surface area contributed by atoms with Crippen LogP contribution in [0.5, 0.6) is 0 Å². The Labute approximate surface area is 147 Å². The highest BCUT2D eigenvalue weighted by molar-refractivity contribution is 6.31. The number of hydrogen-bond donors (Lipinski definition) is 1. The Morgan fingerprint density at radius 2 is 1.79 bits per heavy atom. The Kier molecular flexibility index (Phi) is 4.45. The third kappa shape index (κ3) is 2.85. The van der Waals surface area contributed by atoms with Crippen LogP contribution in [0.25, 0.3) is 10.9 Å². The van der Waals surface area contributed by atoms with Crippen LogP contribution in [0.3, 0.4) is 0 Å². The first kappa shape index (κ1) is 17.1. The monoisotopic (exact) mass is 345 g/mol. The quantitative estimate of drug-likeness (QED) is 0.773. The number of aliphatic hydroxyl groups excluding tert-OH is 1. The zero-order valence-corrected chi connectivity index (χ0v) is 15.6. The van der Waals surface area contributed by atoms with Crippen molar-refractivity contribution in [2.75, 3.05) is 0 Å². The number of benzene rings is 1. The van der Waals surface area contributed by atoms with Crippen molar-refractivity contribution < 1.29 is 5.11 Å². The highest BCUT2D eigenvalue weighted by Crippen LogP contribution is 2.27. The van der Waals surface area contributed by atoms with Crippen molar-refractivity contribution in [2.45, 2.75) is 53.8 Å². The first-order chi connectivity index (χ1) is 11.3. The second-order valence-corrected chi connectivity index (χ2v) is 7.04. The molecule has 0 aliphatic rings. The standard InChI is InChI=1S/C19H24ClN3O/c1-11-6-7-18-17(8-11)12(2)14(4)22(18)9-16(24)10-23-15(5)19(20)13(3)21-23/h6-8,16,24H,9-10H2,1-5H3. The highest BCUT2D eigenvalue weighted by atomic mass is 35.5. The van der Waals surface area contributed by atoms with Gasteiger partial charge in [-0.05, 0) is 52.3 Å². The lowest BCUT2D eigenvalue weighted by Crippen LogP contribution is -2.24. The summed E-state index contributed by atoms with van der Waals surface area (Å²) < 4.78 is 3.99. The largest absolute Gasteiger partial charge is 0.389 e. The first-order valence-corrected chi connectivity index (χ1v) is 8.61. The number of aryl methyl sites for hydroxylation is 3. The van der Waals surface area contributed by atoms with E-state index in [1.165, 1.54) is 27.7 Å². The number of fused-ring (bicyclic) bond motifs is 1. The minimum Gasteiger partial charge on any atom is -0.389 e. The van der Waals surface area contributed by atoms with Crippen LogP contribution < -0.4 is 0 Å². The Morgan fingerprint density at radius 3 is 2.42 bits per heavy atom. The minimum absolute atomic E-state index is 0.434. The van der Waals surface area contributed by atoms with Gasteiger partial charge in [-0.1, -0.05) is 23.2 Å². The molecule has 0 bridgehead atoms. The van der Waals surface area contributed by atoms with Crippen molar-refractivity contribution in [3.8, 4) is 0 Å². The van der Waals surface area contributed by atoms with Crippen molar-refractivity contribution in [1.82, 2.24) is 14.3 Å². The van der Waals surface area contributed by atoms with Gasteiger partial charge in [-0.2, -0.15) is 5.10 Å². The molecule has 3 rings (SSSR count). The van der Waals surface area contributed by atoms with Crippen LogP contribution in [-0.2, 0) is 13.1 Å². The number of hydrogen-bond acceptors (Lipinski definition) is 2.